The van der Waals surface area contributed by atoms with E-state index in [-0.39, 0.29) is 0 Å². The molecule has 25 heavy (non-hydrogen) atoms. The smallest absolute Gasteiger partial charge is 0.226 e. The van der Waals surface area contributed by atoms with Crippen molar-refractivity contribution in [3.05, 3.63) is 59.9 Å². The molecule has 3 N–H and O–H groups in total. The summed E-state index contributed by atoms with van der Waals surface area (Å²) in [5.41, 5.74) is 2.82. The second kappa shape index (κ2) is 7.87. The first-order valence-electron chi connectivity index (χ1n) is 8.08. The summed E-state index contributed by atoms with van der Waals surface area (Å²) in [6, 6.07) is 11.6. The topological polar surface area (TPSA) is 93.3 Å². The normalized spacial score (nSPS) is 14.3. The fourth-order valence-electron chi connectivity index (χ4n) is 2.54. The average Bonchev–Trinajstić information content (AvgIpc) is 2.63. The lowest BCUT2D eigenvalue weighted by atomic mass is 10.1. The Kier molecular flexibility index (Phi) is 5.37. The lowest BCUT2D eigenvalue weighted by Gasteiger charge is -2.24. The number of aliphatic hydroxyl groups is 2. The monoisotopic (exact) mass is 339 g/mol. The number of aliphatic hydroxyl groups excluding tert-OH is 1. The summed E-state index contributed by atoms with van der Waals surface area (Å²) in [5, 5.41) is 21.2. The van der Waals surface area contributed by atoms with Crippen LogP contribution in [0.3, 0.4) is 0 Å². The molecular formula is C18H21N5O2. The standard InChI is InChI=1S/C18H21N5O2/c1-23-12-20-18(22-17(23)14-5-3-9-19-11-14)21-15-6-2-4-13(10-15)7-8-16(24)25/h2-6,9-11,16,24-25H,7-8,12H2,1H3,(H,20,21). The molecule has 0 bridgehead atoms. The summed E-state index contributed by atoms with van der Waals surface area (Å²) >= 11 is 0. The molecule has 0 aliphatic carbocycles. The van der Waals surface area contributed by atoms with Gasteiger partial charge >= 0.3 is 0 Å². The van der Waals surface area contributed by atoms with Gasteiger partial charge in [0.2, 0.25) is 5.96 Å². The van der Waals surface area contributed by atoms with Crippen LogP contribution in [0.1, 0.15) is 17.5 Å². The van der Waals surface area contributed by atoms with Crippen molar-refractivity contribution >= 4 is 17.5 Å². The number of hydrogen-bond acceptors (Lipinski definition) is 7. The zero-order valence-electron chi connectivity index (χ0n) is 14.0. The predicted octanol–water partition coefficient (Wildman–Crippen LogP) is 1.44. The number of nitrogens with one attached hydrogen (secondary N) is 1. The number of aliphatic imine (C=N–C) groups is 2. The molecule has 0 saturated carbocycles. The zero-order chi connectivity index (χ0) is 17.6. The third-order valence-corrected chi connectivity index (χ3v) is 3.80. The van der Waals surface area contributed by atoms with Crippen LogP contribution in [0, 0.1) is 0 Å². The molecular weight excluding hydrogens is 318 g/mol. The molecule has 2 aromatic rings. The first-order chi connectivity index (χ1) is 12.1. The summed E-state index contributed by atoms with van der Waals surface area (Å²) in [5.74, 6) is 1.35. The Morgan fingerprint density at radius 2 is 2.12 bits per heavy atom. The molecule has 0 unspecified atom stereocenters. The summed E-state index contributed by atoms with van der Waals surface area (Å²) in [4.78, 5) is 15.1. The number of pyridine rings is 1. The quantitative estimate of drug-likeness (QED) is 0.717. The number of amidine groups is 1. The van der Waals surface area contributed by atoms with Crippen LogP contribution in [-0.2, 0) is 6.42 Å². The average molecular weight is 339 g/mol. The van der Waals surface area contributed by atoms with Gasteiger partial charge in [0.15, 0.2) is 6.29 Å². The molecule has 2 heterocycles. The van der Waals surface area contributed by atoms with Crippen LogP contribution in [0.4, 0.5) is 5.69 Å². The fourth-order valence-corrected chi connectivity index (χ4v) is 2.54. The van der Waals surface area contributed by atoms with E-state index in [2.05, 4.69) is 20.3 Å². The number of guanidine groups is 1. The van der Waals surface area contributed by atoms with Crippen LogP contribution >= 0.6 is 0 Å². The van der Waals surface area contributed by atoms with Crippen molar-refractivity contribution in [1.82, 2.24) is 9.88 Å². The van der Waals surface area contributed by atoms with Crippen LogP contribution < -0.4 is 5.32 Å². The number of rotatable bonds is 5. The van der Waals surface area contributed by atoms with E-state index < -0.39 is 6.29 Å². The minimum atomic E-state index is -1.29. The highest BCUT2D eigenvalue weighted by Gasteiger charge is 2.15. The van der Waals surface area contributed by atoms with Crippen LogP contribution in [0.15, 0.2) is 58.8 Å². The predicted molar refractivity (Wildman–Crippen MR) is 97.5 cm³/mol. The Morgan fingerprint density at radius 1 is 1.24 bits per heavy atom. The van der Waals surface area contributed by atoms with Gasteiger partial charge in [-0.25, -0.2) is 4.99 Å². The summed E-state index contributed by atoms with van der Waals surface area (Å²) in [7, 11) is 1.94. The van der Waals surface area contributed by atoms with Crippen molar-refractivity contribution in [3.63, 3.8) is 0 Å². The molecule has 0 fully saturated rings. The summed E-state index contributed by atoms with van der Waals surface area (Å²) < 4.78 is 0. The van der Waals surface area contributed by atoms with E-state index >= 15 is 0 Å². The zero-order valence-corrected chi connectivity index (χ0v) is 14.0. The molecule has 1 aromatic carbocycles. The maximum atomic E-state index is 9.00. The Morgan fingerprint density at radius 3 is 2.88 bits per heavy atom. The van der Waals surface area contributed by atoms with E-state index in [9.17, 15) is 0 Å². The van der Waals surface area contributed by atoms with E-state index in [0.29, 0.717) is 25.5 Å². The molecule has 0 radical (unpaired) electrons. The molecule has 130 valence electrons. The van der Waals surface area contributed by atoms with E-state index in [1.54, 1.807) is 12.4 Å². The van der Waals surface area contributed by atoms with Crippen molar-refractivity contribution in [1.29, 1.82) is 0 Å². The third-order valence-electron chi connectivity index (χ3n) is 3.80. The number of benzene rings is 1. The van der Waals surface area contributed by atoms with Gasteiger partial charge in [-0.1, -0.05) is 12.1 Å². The highest BCUT2D eigenvalue weighted by molar-refractivity contribution is 6.10. The first kappa shape index (κ1) is 17.1. The lowest BCUT2D eigenvalue weighted by Crippen LogP contribution is -2.34. The molecule has 1 aliphatic rings. The summed E-state index contributed by atoms with van der Waals surface area (Å²) in [6.07, 6.45) is 3.11. The lowest BCUT2D eigenvalue weighted by molar-refractivity contribution is -0.0446. The highest BCUT2D eigenvalue weighted by Crippen LogP contribution is 2.15. The van der Waals surface area contributed by atoms with Gasteiger partial charge in [0.25, 0.3) is 0 Å². The highest BCUT2D eigenvalue weighted by atomic mass is 16.5. The van der Waals surface area contributed by atoms with Gasteiger partial charge in [-0.2, -0.15) is 4.99 Å². The van der Waals surface area contributed by atoms with Crippen LogP contribution in [-0.4, -0.2) is 51.9 Å². The van der Waals surface area contributed by atoms with E-state index in [0.717, 1.165) is 22.6 Å². The second-order valence-electron chi connectivity index (χ2n) is 5.84. The largest absolute Gasteiger partial charge is 0.368 e. The molecule has 1 aliphatic heterocycles. The van der Waals surface area contributed by atoms with Gasteiger partial charge in [0.05, 0.1) is 0 Å². The number of aryl methyl sites for hydroxylation is 1. The van der Waals surface area contributed by atoms with Crippen molar-refractivity contribution in [2.75, 3.05) is 19.0 Å². The molecule has 0 amide bonds. The Hall–Kier alpha value is -2.77. The molecule has 7 heteroatoms. The molecule has 0 atom stereocenters. The van der Waals surface area contributed by atoms with Crippen LogP contribution in [0.5, 0.6) is 0 Å². The van der Waals surface area contributed by atoms with Gasteiger partial charge in [0.1, 0.15) is 12.5 Å². The molecule has 3 rings (SSSR count). The van der Waals surface area contributed by atoms with Crippen molar-refractivity contribution < 1.29 is 10.2 Å². The second-order valence-corrected chi connectivity index (χ2v) is 5.84. The Labute approximate surface area is 146 Å². The Bertz CT molecular complexity index is 774. The number of anilines is 1. The van der Waals surface area contributed by atoms with Gasteiger partial charge in [0, 0.05) is 37.1 Å². The van der Waals surface area contributed by atoms with E-state index in [4.69, 9.17) is 10.2 Å². The van der Waals surface area contributed by atoms with Gasteiger partial charge in [-0.05, 0) is 36.2 Å². The number of hydrogen-bond donors (Lipinski definition) is 3. The van der Waals surface area contributed by atoms with Crippen molar-refractivity contribution in [2.24, 2.45) is 9.98 Å². The molecule has 1 aromatic heterocycles. The van der Waals surface area contributed by atoms with Gasteiger partial charge in [-0.3, -0.25) is 4.98 Å². The van der Waals surface area contributed by atoms with Gasteiger partial charge in [-0.15, -0.1) is 0 Å². The van der Waals surface area contributed by atoms with Gasteiger partial charge < -0.3 is 20.4 Å². The fraction of sp³-hybridized carbons (Fsp3) is 0.278. The maximum Gasteiger partial charge on any atom is 0.226 e. The van der Waals surface area contributed by atoms with Crippen LogP contribution in [0.25, 0.3) is 0 Å². The van der Waals surface area contributed by atoms with Crippen molar-refractivity contribution in [2.45, 2.75) is 19.1 Å². The van der Waals surface area contributed by atoms with Crippen LogP contribution in [0.2, 0.25) is 0 Å². The van der Waals surface area contributed by atoms with Crippen molar-refractivity contribution in [3.8, 4) is 0 Å². The minimum Gasteiger partial charge on any atom is -0.368 e. The van der Waals surface area contributed by atoms with E-state index in [1.807, 2.05) is 48.3 Å². The van der Waals surface area contributed by atoms with E-state index in [1.165, 1.54) is 0 Å². The molecule has 7 nitrogen and oxygen atoms in total. The summed E-state index contributed by atoms with van der Waals surface area (Å²) in [6.45, 7) is 0.506. The third kappa shape index (κ3) is 4.62. The molecule has 0 saturated heterocycles. The number of aromatic nitrogens is 1. The maximum absolute atomic E-state index is 9.00. The first-order valence-corrected chi connectivity index (χ1v) is 8.08. The minimum absolute atomic E-state index is 0.304. The number of nitrogens with zero attached hydrogens (tertiary/aromatic N) is 4. The SMILES string of the molecule is CN1CN=C(Nc2cccc(CCC(O)O)c2)N=C1c1cccnc1. The molecule has 0 spiro atoms. The Balaban J connectivity index is 1.74.